The molecule has 0 aliphatic heterocycles. The van der Waals surface area contributed by atoms with E-state index in [2.05, 4.69) is 18.0 Å². The number of nitrogens with zero attached hydrogens (tertiary/aromatic N) is 1. The van der Waals surface area contributed by atoms with Crippen LogP contribution in [0.3, 0.4) is 0 Å². The summed E-state index contributed by atoms with van der Waals surface area (Å²) in [6.07, 6.45) is -0.548. The van der Waals surface area contributed by atoms with Gasteiger partial charge in [-0.3, -0.25) is 0 Å². The Kier molecular flexibility index (Phi) is 3.08. The first-order valence-corrected chi connectivity index (χ1v) is 6.12. The van der Waals surface area contributed by atoms with E-state index in [1.165, 1.54) is 16.9 Å². The van der Waals surface area contributed by atoms with Gasteiger partial charge in [-0.05, 0) is 31.9 Å². The zero-order valence-corrected chi connectivity index (χ0v) is 10.5. The van der Waals surface area contributed by atoms with Crippen LogP contribution in [0.25, 0.3) is 0 Å². The smallest absolute Gasteiger partial charge is 0.115 e. The summed E-state index contributed by atoms with van der Waals surface area (Å²) in [6.45, 7) is 6.02. The number of rotatable bonds is 2. The van der Waals surface area contributed by atoms with Crippen molar-refractivity contribution < 1.29 is 5.11 Å². The van der Waals surface area contributed by atoms with Crippen molar-refractivity contribution in [2.45, 2.75) is 26.9 Å². The standard InChI is InChI=1S/C13H15NOS/c1-8-4-5-11(9(2)6-8)12(15)13-10(3)14-7-16-13/h4-7,12,15H,1-3H3. The Labute approximate surface area is 99.6 Å². The van der Waals surface area contributed by atoms with Gasteiger partial charge in [0, 0.05) is 0 Å². The van der Waals surface area contributed by atoms with Crippen LogP contribution in [0.1, 0.15) is 33.4 Å². The van der Waals surface area contributed by atoms with Gasteiger partial charge in [-0.15, -0.1) is 11.3 Å². The predicted octanol–water partition coefficient (Wildman–Crippen LogP) is 3.15. The molecule has 0 saturated carbocycles. The summed E-state index contributed by atoms with van der Waals surface area (Å²) < 4.78 is 0. The Morgan fingerprint density at radius 3 is 2.56 bits per heavy atom. The molecule has 84 valence electrons. The average Bonchev–Trinajstić information content (AvgIpc) is 2.63. The van der Waals surface area contributed by atoms with Crippen molar-refractivity contribution >= 4 is 11.3 Å². The number of benzene rings is 1. The number of aryl methyl sites for hydroxylation is 3. The van der Waals surface area contributed by atoms with E-state index in [9.17, 15) is 5.11 Å². The minimum atomic E-state index is -0.548. The molecule has 0 fully saturated rings. The molecular weight excluding hydrogens is 218 g/mol. The molecule has 1 unspecified atom stereocenters. The molecule has 16 heavy (non-hydrogen) atoms. The summed E-state index contributed by atoms with van der Waals surface area (Å²) in [7, 11) is 0. The van der Waals surface area contributed by atoms with Gasteiger partial charge >= 0.3 is 0 Å². The topological polar surface area (TPSA) is 33.1 Å². The molecule has 0 amide bonds. The summed E-state index contributed by atoms with van der Waals surface area (Å²) >= 11 is 1.50. The molecule has 1 heterocycles. The number of hydrogen-bond acceptors (Lipinski definition) is 3. The maximum absolute atomic E-state index is 10.3. The maximum atomic E-state index is 10.3. The molecule has 0 bridgehead atoms. The summed E-state index contributed by atoms with van der Waals surface area (Å²) in [6, 6.07) is 6.12. The van der Waals surface area contributed by atoms with Gasteiger partial charge in [0.2, 0.25) is 0 Å². The minimum absolute atomic E-state index is 0.548. The highest BCUT2D eigenvalue weighted by Gasteiger charge is 2.16. The van der Waals surface area contributed by atoms with Gasteiger partial charge in [-0.1, -0.05) is 23.8 Å². The van der Waals surface area contributed by atoms with Crippen LogP contribution in [0.2, 0.25) is 0 Å². The molecule has 1 aromatic carbocycles. The van der Waals surface area contributed by atoms with E-state index >= 15 is 0 Å². The molecule has 0 saturated heterocycles. The first kappa shape index (κ1) is 11.3. The van der Waals surface area contributed by atoms with Crippen molar-refractivity contribution in [2.24, 2.45) is 0 Å². The van der Waals surface area contributed by atoms with Crippen molar-refractivity contribution in [2.75, 3.05) is 0 Å². The number of aliphatic hydroxyl groups excluding tert-OH is 1. The van der Waals surface area contributed by atoms with Crippen LogP contribution in [0, 0.1) is 20.8 Å². The number of aliphatic hydroxyl groups is 1. The lowest BCUT2D eigenvalue weighted by Gasteiger charge is -2.13. The minimum Gasteiger partial charge on any atom is -0.383 e. The molecule has 1 aromatic heterocycles. The molecule has 1 N–H and O–H groups in total. The number of hydrogen-bond donors (Lipinski definition) is 1. The van der Waals surface area contributed by atoms with E-state index < -0.39 is 6.10 Å². The van der Waals surface area contributed by atoms with Crippen molar-refractivity contribution in [3.63, 3.8) is 0 Å². The second-order valence-electron chi connectivity index (χ2n) is 4.06. The zero-order chi connectivity index (χ0) is 11.7. The van der Waals surface area contributed by atoms with Crippen molar-refractivity contribution in [1.82, 2.24) is 4.98 Å². The van der Waals surface area contributed by atoms with E-state index in [4.69, 9.17) is 0 Å². The zero-order valence-electron chi connectivity index (χ0n) is 9.69. The molecule has 2 aromatic rings. The van der Waals surface area contributed by atoms with Crippen molar-refractivity contribution in [1.29, 1.82) is 0 Å². The van der Waals surface area contributed by atoms with Crippen molar-refractivity contribution in [3.8, 4) is 0 Å². The van der Waals surface area contributed by atoms with Gasteiger partial charge in [0.25, 0.3) is 0 Å². The quantitative estimate of drug-likeness (QED) is 0.864. The van der Waals surface area contributed by atoms with Crippen LogP contribution in [0.4, 0.5) is 0 Å². The monoisotopic (exact) mass is 233 g/mol. The van der Waals surface area contributed by atoms with Crippen molar-refractivity contribution in [3.05, 3.63) is 51.0 Å². The molecule has 2 rings (SSSR count). The fraction of sp³-hybridized carbons (Fsp3) is 0.308. The molecular formula is C13H15NOS. The highest BCUT2D eigenvalue weighted by atomic mass is 32.1. The van der Waals surface area contributed by atoms with Gasteiger partial charge in [0.05, 0.1) is 16.1 Å². The molecule has 2 nitrogen and oxygen atoms in total. The number of aromatic nitrogens is 1. The summed E-state index contributed by atoms with van der Waals surface area (Å²) in [5, 5.41) is 10.3. The van der Waals surface area contributed by atoms with Gasteiger partial charge in [0.15, 0.2) is 0 Å². The first-order valence-electron chi connectivity index (χ1n) is 5.25. The van der Waals surface area contributed by atoms with Gasteiger partial charge in [-0.2, -0.15) is 0 Å². The third-order valence-corrected chi connectivity index (χ3v) is 3.73. The van der Waals surface area contributed by atoms with Crippen LogP contribution in [0.15, 0.2) is 23.7 Å². The largest absolute Gasteiger partial charge is 0.383 e. The average molecular weight is 233 g/mol. The Balaban J connectivity index is 2.41. The van der Waals surface area contributed by atoms with Gasteiger partial charge in [0.1, 0.15) is 6.10 Å². The number of thiazole rings is 1. The fourth-order valence-electron chi connectivity index (χ4n) is 1.85. The van der Waals surface area contributed by atoms with Crippen LogP contribution in [0.5, 0.6) is 0 Å². The molecule has 1 atom stereocenters. The van der Waals surface area contributed by atoms with Gasteiger partial charge in [-0.25, -0.2) is 4.98 Å². The summed E-state index contributed by atoms with van der Waals surface area (Å²) in [4.78, 5) is 5.11. The normalized spacial score (nSPS) is 12.8. The predicted molar refractivity (Wildman–Crippen MR) is 66.8 cm³/mol. The van der Waals surface area contributed by atoms with E-state index in [0.717, 1.165) is 21.7 Å². The summed E-state index contributed by atoms with van der Waals surface area (Å²) in [5.41, 5.74) is 6.00. The lowest BCUT2D eigenvalue weighted by atomic mass is 10.00. The maximum Gasteiger partial charge on any atom is 0.115 e. The summed E-state index contributed by atoms with van der Waals surface area (Å²) in [5.74, 6) is 0. The molecule has 0 aliphatic carbocycles. The Morgan fingerprint density at radius 1 is 1.25 bits per heavy atom. The highest BCUT2D eigenvalue weighted by molar-refractivity contribution is 7.09. The molecule has 0 radical (unpaired) electrons. The van der Waals surface area contributed by atoms with E-state index in [1.807, 2.05) is 26.0 Å². The third-order valence-electron chi connectivity index (χ3n) is 2.75. The van der Waals surface area contributed by atoms with E-state index in [0.29, 0.717) is 0 Å². The van der Waals surface area contributed by atoms with E-state index in [-0.39, 0.29) is 0 Å². The Bertz CT molecular complexity index is 504. The lowest BCUT2D eigenvalue weighted by Crippen LogP contribution is -2.01. The second kappa shape index (κ2) is 4.36. The molecule has 0 spiro atoms. The Morgan fingerprint density at radius 2 is 2.00 bits per heavy atom. The lowest BCUT2D eigenvalue weighted by molar-refractivity contribution is 0.222. The Hall–Kier alpha value is -1.19. The first-order chi connectivity index (χ1) is 7.59. The highest BCUT2D eigenvalue weighted by Crippen LogP contribution is 2.29. The SMILES string of the molecule is Cc1ccc(C(O)c2scnc2C)c(C)c1. The third kappa shape index (κ3) is 2.01. The van der Waals surface area contributed by atoms with E-state index in [1.54, 1.807) is 5.51 Å². The second-order valence-corrected chi connectivity index (χ2v) is 4.95. The van der Waals surface area contributed by atoms with Crippen LogP contribution in [-0.2, 0) is 0 Å². The van der Waals surface area contributed by atoms with Crippen LogP contribution >= 0.6 is 11.3 Å². The molecule has 3 heteroatoms. The van der Waals surface area contributed by atoms with Crippen LogP contribution < -0.4 is 0 Å². The van der Waals surface area contributed by atoms with Crippen LogP contribution in [-0.4, -0.2) is 10.1 Å². The molecule has 0 aliphatic rings. The van der Waals surface area contributed by atoms with Gasteiger partial charge < -0.3 is 5.11 Å². The fourth-order valence-corrected chi connectivity index (χ4v) is 2.65.